The van der Waals surface area contributed by atoms with Gasteiger partial charge in [0.05, 0.1) is 5.75 Å². The van der Waals surface area contributed by atoms with E-state index in [1.54, 1.807) is 24.3 Å². The average molecular weight is 481 g/mol. The van der Waals surface area contributed by atoms with E-state index in [1.165, 1.54) is 23.9 Å². The smallest absolute Gasteiger partial charge is 0.234 e. The Labute approximate surface area is 201 Å². The van der Waals surface area contributed by atoms with Crippen LogP contribution in [-0.4, -0.2) is 26.4 Å². The lowest BCUT2D eigenvalue weighted by Gasteiger charge is -2.13. The monoisotopic (exact) mass is 480 g/mol. The van der Waals surface area contributed by atoms with Gasteiger partial charge in [0.1, 0.15) is 5.82 Å². The number of hydrogen-bond acceptors (Lipinski definition) is 4. The van der Waals surface area contributed by atoms with Crippen LogP contribution in [0.2, 0.25) is 5.02 Å². The van der Waals surface area contributed by atoms with E-state index in [4.69, 9.17) is 11.6 Å². The lowest BCUT2D eigenvalue weighted by molar-refractivity contribution is -0.113. The van der Waals surface area contributed by atoms with Crippen LogP contribution in [0.25, 0.3) is 17.1 Å². The number of nitrogens with one attached hydrogen (secondary N) is 1. The fraction of sp³-hybridized carbons (Fsp3) is 0.160. The minimum absolute atomic E-state index is 0.142. The third-order valence-electron chi connectivity index (χ3n) is 5.09. The zero-order chi connectivity index (χ0) is 23.5. The van der Waals surface area contributed by atoms with E-state index in [2.05, 4.69) is 15.5 Å². The molecule has 0 fully saturated rings. The summed E-state index contributed by atoms with van der Waals surface area (Å²) in [5.74, 6) is 0.243. The van der Waals surface area contributed by atoms with Crippen molar-refractivity contribution in [1.82, 2.24) is 14.8 Å². The Kier molecular flexibility index (Phi) is 6.81. The molecule has 8 heteroatoms. The molecule has 0 radical (unpaired) electrons. The molecule has 0 bridgehead atoms. The number of nitrogens with zero attached hydrogens (tertiary/aromatic N) is 3. The Morgan fingerprint density at radius 2 is 1.64 bits per heavy atom. The molecule has 1 heterocycles. The van der Waals surface area contributed by atoms with Gasteiger partial charge in [0.15, 0.2) is 11.0 Å². The van der Waals surface area contributed by atoms with Crippen LogP contribution < -0.4 is 5.32 Å². The van der Waals surface area contributed by atoms with Gasteiger partial charge in [-0.05, 0) is 80.4 Å². The molecule has 33 heavy (non-hydrogen) atoms. The van der Waals surface area contributed by atoms with Gasteiger partial charge in [0.2, 0.25) is 5.91 Å². The summed E-state index contributed by atoms with van der Waals surface area (Å²) in [4.78, 5) is 12.7. The number of rotatable bonds is 6. The Balaban J connectivity index is 1.60. The van der Waals surface area contributed by atoms with E-state index in [0.717, 1.165) is 27.9 Å². The van der Waals surface area contributed by atoms with Gasteiger partial charge in [-0.15, -0.1) is 10.2 Å². The third kappa shape index (κ3) is 5.26. The second-order valence-electron chi connectivity index (χ2n) is 7.74. The number of hydrogen-bond donors (Lipinski definition) is 1. The summed E-state index contributed by atoms with van der Waals surface area (Å²) in [7, 11) is 0. The van der Waals surface area contributed by atoms with Gasteiger partial charge >= 0.3 is 0 Å². The number of carbonyl (C=O) groups is 1. The minimum atomic E-state index is -0.336. The largest absolute Gasteiger partial charge is 0.325 e. The van der Waals surface area contributed by atoms with E-state index >= 15 is 0 Å². The van der Waals surface area contributed by atoms with Crippen molar-refractivity contribution in [2.24, 2.45) is 0 Å². The number of carbonyl (C=O) groups excluding carboxylic acids is 1. The fourth-order valence-electron chi connectivity index (χ4n) is 3.66. The molecule has 0 spiro atoms. The molecule has 0 aliphatic carbocycles. The molecular formula is C25H22ClFN4OS. The molecule has 168 valence electrons. The molecule has 1 aromatic heterocycles. The van der Waals surface area contributed by atoms with Crippen molar-refractivity contribution < 1.29 is 9.18 Å². The molecule has 4 aromatic rings. The van der Waals surface area contributed by atoms with Gasteiger partial charge < -0.3 is 5.32 Å². The topological polar surface area (TPSA) is 59.8 Å². The third-order valence-corrected chi connectivity index (χ3v) is 6.28. The Morgan fingerprint density at radius 3 is 2.27 bits per heavy atom. The lowest BCUT2D eigenvalue weighted by Crippen LogP contribution is -2.16. The standard InChI is InChI=1S/C25H22ClFN4OS/c1-15-12-16(2)23(17(3)13-15)28-22(32)14-33-25-30-29-24(18-4-6-19(26)7-5-18)31(25)21-10-8-20(27)9-11-21/h4-13H,14H2,1-3H3,(H,28,32). The van der Waals surface area contributed by atoms with Crippen LogP contribution >= 0.6 is 23.4 Å². The van der Waals surface area contributed by atoms with Crippen LogP contribution in [0.5, 0.6) is 0 Å². The van der Waals surface area contributed by atoms with Gasteiger partial charge in [-0.25, -0.2) is 4.39 Å². The molecule has 4 rings (SSSR count). The minimum Gasteiger partial charge on any atom is -0.325 e. The lowest BCUT2D eigenvalue weighted by atomic mass is 10.1. The van der Waals surface area contributed by atoms with Crippen LogP contribution in [0.3, 0.4) is 0 Å². The predicted octanol–water partition coefficient (Wildman–Crippen LogP) is 6.38. The zero-order valence-corrected chi connectivity index (χ0v) is 20.0. The number of amides is 1. The van der Waals surface area contributed by atoms with E-state index in [0.29, 0.717) is 21.7 Å². The highest BCUT2D eigenvalue weighted by Gasteiger charge is 2.18. The number of anilines is 1. The molecule has 0 saturated carbocycles. The molecule has 3 aromatic carbocycles. The van der Waals surface area contributed by atoms with Crippen LogP contribution in [0.1, 0.15) is 16.7 Å². The van der Waals surface area contributed by atoms with Gasteiger partial charge in [-0.2, -0.15) is 0 Å². The van der Waals surface area contributed by atoms with Gasteiger partial charge in [-0.1, -0.05) is 41.1 Å². The average Bonchev–Trinajstić information content (AvgIpc) is 3.20. The molecule has 5 nitrogen and oxygen atoms in total. The van der Waals surface area contributed by atoms with Gasteiger partial charge in [0.25, 0.3) is 0 Å². The van der Waals surface area contributed by atoms with Crippen molar-refractivity contribution in [3.8, 4) is 17.1 Å². The van der Waals surface area contributed by atoms with E-state index in [-0.39, 0.29) is 17.5 Å². The van der Waals surface area contributed by atoms with Crippen molar-refractivity contribution in [2.45, 2.75) is 25.9 Å². The maximum Gasteiger partial charge on any atom is 0.234 e. The summed E-state index contributed by atoms with van der Waals surface area (Å²) >= 11 is 7.29. The normalized spacial score (nSPS) is 10.9. The number of aromatic nitrogens is 3. The first-order chi connectivity index (χ1) is 15.8. The Hall–Kier alpha value is -3.16. The summed E-state index contributed by atoms with van der Waals surface area (Å²) in [6, 6.07) is 17.4. The maximum atomic E-state index is 13.5. The van der Waals surface area contributed by atoms with Crippen molar-refractivity contribution in [3.63, 3.8) is 0 Å². The Morgan fingerprint density at radius 1 is 1.00 bits per heavy atom. The van der Waals surface area contributed by atoms with E-state index in [9.17, 15) is 9.18 Å². The summed E-state index contributed by atoms with van der Waals surface area (Å²) in [6.45, 7) is 5.99. The summed E-state index contributed by atoms with van der Waals surface area (Å²) in [5, 5.41) is 12.8. The molecule has 1 N–H and O–H groups in total. The van der Waals surface area contributed by atoms with Crippen molar-refractivity contribution in [1.29, 1.82) is 0 Å². The van der Waals surface area contributed by atoms with Crippen LogP contribution in [0.15, 0.2) is 65.8 Å². The van der Waals surface area contributed by atoms with Crippen molar-refractivity contribution in [2.75, 3.05) is 11.1 Å². The summed E-state index contributed by atoms with van der Waals surface area (Å²) < 4.78 is 15.3. The predicted molar refractivity (Wildman–Crippen MR) is 132 cm³/mol. The first-order valence-corrected chi connectivity index (χ1v) is 11.7. The molecular weight excluding hydrogens is 459 g/mol. The number of aryl methyl sites for hydroxylation is 3. The SMILES string of the molecule is Cc1cc(C)c(NC(=O)CSc2nnc(-c3ccc(Cl)cc3)n2-c2ccc(F)cc2)c(C)c1. The second kappa shape index (κ2) is 9.77. The molecule has 1 amide bonds. The first-order valence-electron chi connectivity index (χ1n) is 10.3. The van der Waals surface area contributed by atoms with Crippen molar-refractivity contribution in [3.05, 3.63) is 88.2 Å². The number of thioether (sulfide) groups is 1. The van der Waals surface area contributed by atoms with Gasteiger partial charge in [0, 0.05) is 22.0 Å². The van der Waals surface area contributed by atoms with Crippen LogP contribution in [-0.2, 0) is 4.79 Å². The van der Waals surface area contributed by atoms with Crippen LogP contribution in [0, 0.1) is 26.6 Å². The van der Waals surface area contributed by atoms with Crippen molar-refractivity contribution >= 4 is 35.0 Å². The molecule has 0 aliphatic heterocycles. The quantitative estimate of drug-likeness (QED) is 0.325. The fourth-order valence-corrected chi connectivity index (χ4v) is 4.53. The van der Waals surface area contributed by atoms with Gasteiger partial charge in [-0.3, -0.25) is 9.36 Å². The summed E-state index contributed by atoms with van der Waals surface area (Å²) in [5.41, 5.74) is 5.51. The highest BCUT2D eigenvalue weighted by molar-refractivity contribution is 7.99. The molecule has 0 atom stereocenters. The number of halogens is 2. The Bertz CT molecular complexity index is 1280. The second-order valence-corrected chi connectivity index (χ2v) is 9.11. The van der Waals surface area contributed by atoms with E-state index < -0.39 is 0 Å². The maximum absolute atomic E-state index is 13.5. The first kappa shape index (κ1) is 23.0. The summed E-state index contributed by atoms with van der Waals surface area (Å²) in [6.07, 6.45) is 0. The highest BCUT2D eigenvalue weighted by atomic mass is 35.5. The van der Waals surface area contributed by atoms with E-state index in [1.807, 2.05) is 49.6 Å². The molecule has 0 saturated heterocycles. The van der Waals surface area contributed by atoms with Crippen LogP contribution in [0.4, 0.5) is 10.1 Å². The highest BCUT2D eigenvalue weighted by Crippen LogP contribution is 2.29. The molecule has 0 aliphatic rings. The number of benzene rings is 3. The zero-order valence-electron chi connectivity index (χ0n) is 18.4. The molecule has 0 unspecified atom stereocenters.